The van der Waals surface area contributed by atoms with Crippen molar-refractivity contribution in [3.05, 3.63) is 64.7 Å². The van der Waals surface area contributed by atoms with E-state index >= 15 is 0 Å². The standard InChI is InChI=1S/C22H24ClN3O3/c1-3-25(14-20(27)24-18-11-17(23)10-9-15(18)2)19-12-21(28)26(22(19)29)13-16-7-5-4-6-8-16/h4-11,19H,3,12-14H2,1-2H3,(H,24,27)/t19-/m1/s1. The number of hydrogen-bond acceptors (Lipinski definition) is 4. The average molecular weight is 414 g/mol. The molecular formula is C22H24ClN3O3. The minimum atomic E-state index is -0.623. The molecule has 0 saturated carbocycles. The number of carbonyl (C=O) groups excluding carboxylic acids is 3. The normalized spacial score (nSPS) is 16.6. The van der Waals surface area contributed by atoms with E-state index in [4.69, 9.17) is 11.6 Å². The van der Waals surface area contributed by atoms with Crippen molar-refractivity contribution in [2.75, 3.05) is 18.4 Å². The van der Waals surface area contributed by atoms with E-state index in [2.05, 4.69) is 5.32 Å². The van der Waals surface area contributed by atoms with Gasteiger partial charge in [0.2, 0.25) is 17.7 Å². The van der Waals surface area contributed by atoms with Crippen molar-refractivity contribution in [2.24, 2.45) is 0 Å². The molecule has 1 aliphatic heterocycles. The highest BCUT2D eigenvalue weighted by Crippen LogP contribution is 2.22. The molecule has 0 unspecified atom stereocenters. The Bertz CT molecular complexity index is 917. The van der Waals surface area contributed by atoms with Crippen LogP contribution in [0.15, 0.2) is 48.5 Å². The van der Waals surface area contributed by atoms with Gasteiger partial charge in [0.1, 0.15) is 0 Å². The van der Waals surface area contributed by atoms with Gasteiger partial charge in [-0.3, -0.25) is 24.2 Å². The SMILES string of the molecule is CCN(CC(=O)Nc1cc(Cl)ccc1C)[C@@H]1CC(=O)N(Cc2ccccc2)C1=O. The van der Waals surface area contributed by atoms with E-state index in [-0.39, 0.29) is 37.2 Å². The summed E-state index contributed by atoms with van der Waals surface area (Å²) in [5.41, 5.74) is 2.43. The van der Waals surface area contributed by atoms with Crippen LogP contribution in [0.5, 0.6) is 0 Å². The number of benzene rings is 2. The van der Waals surface area contributed by atoms with E-state index in [1.54, 1.807) is 17.0 Å². The van der Waals surface area contributed by atoms with Gasteiger partial charge in [0, 0.05) is 10.7 Å². The van der Waals surface area contributed by atoms with Crippen LogP contribution in [0, 0.1) is 6.92 Å². The number of likely N-dealkylation sites (tertiary alicyclic amines) is 1. The number of carbonyl (C=O) groups is 3. The molecular weight excluding hydrogens is 390 g/mol. The number of aryl methyl sites for hydroxylation is 1. The lowest BCUT2D eigenvalue weighted by molar-refractivity contribution is -0.140. The van der Waals surface area contributed by atoms with Crippen molar-refractivity contribution in [3.8, 4) is 0 Å². The highest BCUT2D eigenvalue weighted by Gasteiger charge is 2.41. The molecule has 1 heterocycles. The second-order valence-corrected chi connectivity index (χ2v) is 7.53. The molecule has 0 bridgehead atoms. The molecule has 0 aliphatic carbocycles. The summed E-state index contributed by atoms with van der Waals surface area (Å²) in [6, 6.07) is 14.1. The third kappa shape index (κ3) is 5.02. The molecule has 2 aromatic carbocycles. The van der Waals surface area contributed by atoms with Crippen molar-refractivity contribution >= 4 is 35.0 Å². The van der Waals surface area contributed by atoms with Crippen LogP contribution in [0.4, 0.5) is 5.69 Å². The van der Waals surface area contributed by atoms with Gasteiger partial charge >= 0.3 is 0 Å². The number of likely N-dealkylation sites (N-methyl/N-ethyl adjacent to an activating group) is 1. The van der Waals surface area contributed by atoms with E-state index in [0.717, 1.165) is 11.1 Å². The molecule has 6 nitrogen and oxygen atoms in total. The van der Waals surface area contributed by atoms with Crippen LogP contribution in [-0.4, -0.2) is 46.7 Å². The van der Waals surface area contributed by atoms with Crippen LogP contribution in [0.1, 0.15) is 24.5 Å². The van der Waals surface area contributed by atoms with Crippen LogP contribution in [-0.2, 0) is 20.9 Å². The summed E-state index contributed by atoms with van der Waals surface area (Å²) in [7, 11) is 0. The Morgan fingerprint density at radius 3 is 2.62 bits per heavy atom. The Kier molecular flexibility index (Phi) is 6.67. The summed E-state index contributed by atoms with van der Waals surface area (Å²) in [5.74, 6) is -0.722. The smallest absolute Gasteiger partial charge is 0.247 e. The number of rotatable bonds is 7. The van der Waals surface area contributed by atoms with Crippen molar-refractivity contribution in [1.82, 2.24) is 9.80 Å². The lowest BCUT2D eigenvalue weighted by atomic mass is 10.2. The topological polar surface area (TPSA) is 69.7 Å². The molecule has 1 aliphatic rings. The minimum Gasteiger partial charge on any atom is -0.325 e. The van der Waals surface area contributed by atoms with Crippen LogP contribution >= 0.6 is 11.6 Å². The molecule has 29 heavy (non-hydrogen) atoms. The van der Waals surface area contributed by atoms with Crippen LogP contribution in [0.2, 0.25) is 5.02 Å². The fourth-order valence-corrected chi connectivity index (χ4v) is 3.60. The maximum Gasteiger partial charge on any atom is 0.247 e. The predicted octanol–water partition coefficient (Wildman–Crippen LogP) is 3.24. The Hall–Kier alpha value is -2.70. The van der Waals surface area contributed by atoms with Crippen molar-refractivity contribution < 1.29 is 14.4 Å². The van der Waals surface area contributed by atoms with E-state index < -0.39 is 6.04 Å². The molecule has 3 amide bonds. The zero-order valence-electron chi connectivity index (χ0n) is 16.5. The number of nitrogens with zero attached hydrogens (tertiary/aromatic N) is 2. The zero-order chi connectivity index (χ0) is 21.0. The lowest BCUT2D eigenvalue weighted by Gasteiger charge is -2.25. The summed E-state index contributed by atoms with van der Waals surface area (Å²) in [6.45, 7) is 4.50. The van der Waals surface area contributed by atoms with Crippen molar-refractivity contribution in [2.45, 2.75) is 32.9 Å². The molecule has 1 atom stereocenters. The van der Waals surface area contributed by atoms with Gasteiger partial charge in [0.25, 0.3) is 0 Å². The summed E-state index contributed by atoms with van der Waals surface area (Å²) in [6.07, 6.45) is 0.0863. The van der Waals surface area contributed by atoms with Gasteiger partial charge in [-0.15, -0.1) is 0 Å². The molecule has 1 N–H and O–H groups in total. The highest BCUT2D eigenvalue weighted by atomic mass is 35.5. The highest BCUT2D eigenvalue weighted by molar-refractivity contribution is 6.31. The first-order chi connectivity index (χ1) is 13.9. The van der Waals surface area contributed by atoms with E-state index in [1.165, 1.54) is 4.90 Å². The van der Waals surface area contributed by atoms with E-state index in [0.29, 0.717) is 17.3 Å². The number of nitrogens with one attached hydrogen (secondary N) is 1. The third-order valence-corrected chi connectivity index (χ3v) is 5.31. The van der Waals surface area contributed by atoms with Gasteiger partial charge < -0.3 is 5.32 Å². The maximum absolute atomic E-state index is 12.9. The largest absolute Gasteiger partial charge is 0.325 e. The Balaban J connectivity index is 1.66. The fraction of sp³-hybridized carbons (Fsp3) is 0.318. The van der Waals surface area contributed by atoms with Gasteiger partial charge in [-0.1, -0.05) is 54.9 Å². The van der Waals surface area contributed by atoms with Crippen LogP contribution in [0.3, 0.4) is 0 Å². The second kappa shape index (κ2) is 9.20. The molecule has 1 saturated heterocycles. The van der Waals surface area contributed by atoms with Gasteiger partial charge in [-0.2, -0.15) is 0 Å². The van der Waals surface area contributed by atoms with E-state index in [9.17, 15) is 14.4 Å². The molecule has 3 rings (SSSR count). The molecule has 7 heteroatoms. The molecule has 0 radical (unpaired) electrons. The van der Waals surface area contributed by atoms with Gasteiger partial charge in [-0.25, -0.2) is 0 Å². The minimum absolute atomic E-state index is 0.0192. The lowest BCUT2D eigenvalue weighted by Crippen LogP contribution is -2.45. The van der Waals surface area contributed by atoms with Crippen LogP contribution in [0.25, 0.3) is 0 Å². The first kappa shape index (κ1) is 21.0. The molecule has 152 valence electrons. The third-order valence-electron chi connectivity index (χ3n) is 5.07. The number of hydrogen-bond donors (Lipinski definition) is 1. The monoisotopic (exact) mass is 413 g/mol. The van der Waals surface area contributed by atoms with Gasteiger partial charge in [0.05, 0.1) is 25.6 Å². The number of amides is 3. The zero-order valence-corrected chi connectivity index (χ0v) is 17.3. The Labute approximate surface area is 175 Å². The number of anilines is 1. The van der Waals surface area contributed by atoms with Gasteiger partial charge in [0.15, 0.2) is 0 Å². The summed E-state index contributed by atoms with van der Waals surface area (Å²) in [4.78, 5) is 40.9. The number of halogens is 1. The summed E-state index contributed by atoms with van der Waals surface area (Å²) >= 11 is 6.01. The van der Waals surface area contributed by atoms with Crippen LogP contribution < -0.4 is 5.32 Å². The molecule has 2 aromatic rings. The quantitative estimate of drug-likeness (QED) is 0.707. The first-order valence-corrected chi connectivity index (χ1v) is 9.95. The molecule has 0 aromatic heterocycles. The Morgan fingerprint density at radius 2 is 1.93 bits per heavy atom. The van der Waals surface area contributed by atoms with Crippen molar-refractivity contribution in [3.63, 3.8) is 0 Å². The predicted molar refractivity (Wildman–Crippen MR) is 112 cm³/mol. The summed E-state index contributed by atoms with van der Waals surface area (Å²) < 4.78 is 0. The fourth-order valence-electron chi connectivity index (χ4n) is 3.43. The van der Waals surface area contributed by atoms with Crippen molar-refractivity contribution in [1.29, 1.82) is 0 Å². The molecule has 1 fully saturated rings. The van der Waals surface area contributed by atoms with Gasteiger partial charge in [-0.05, 0) is 36.7 Å². The Morgan fingerprint density at radius 1 is 1.21 bits per heavy atom. The first-order valence-electron chi connectivity index (χ1n) is 9.57. The average Bonchev–Trinajstić information content (AvgIpc) is 2.98. The second-order valence-electron chi connectivity index (χ2n) is 7.09. The summed E-state index contributed by atoms with van der Waals surface area (Å²) in [5, 5.41) is 3.38. The molecule has 0 spiro atoms. The van der Waals surface area contributed by atoms with E-state index in [1.807, 2.05) is 50.2 Å². The number of imide groups is 1. The maximum atomic E-state index is 12.9.